The van der Waals surface area contributed by atoms with Crippen LogP contribution in [-0.2, 0) is 26.5 Å². The smallest absolute Gasteiger partial charge is 0.211 e. The highest BCUT2D eigenvalue weighted by Gasteiger charge is 2.25. The van der Waals surface area contributed by atoms with Crippen LogP contribution in [0.25, 0.3) is 11.1 Å². The van der Waals surface area contributed by atoms with Crippen molar-refractivity contribution in [3.63, 3.8) is 0 Å². The second-order valence-corrected chi connectivity index (χ2v) is 12.2. The molecule has 0 heterocycles. The van der Waals surface area contributed by atoms with E-state index in [9.17, 15) is 22.1 Å². The molecule has 2 N–H and O–H groups in total. The molecule has 0 aliphatic carbocycles. The molecule has 0 spiro atoms. The summed E-state index contributed by atoms with van der Waals surface area (Å²) in [7, 11) is -7.56. The van der Waals surface area contributed by atoms with Crippen molar-refractivity contribution in [3.05, 3.63) is 83.9 Å². The molecule has 9 heteroatoms. The van der Waals surface area contributed by atoms with Gasteiger partial charge in [0.2, 0.25) is 20.0 Å². The Morgan fingerprint density at radius 2 is 1.44 bits per heavy atom. The average molecular weight is 498 g/mol. The van der Waals surface area contributed by atoms with Crippen molar-refractivity contribution in [3.8, 4) is 17.2 Å². The molecule has 0 atom stereocenters. The van der Waals surface area contributed by atoms with E-state index in [1.807, 2.05) is 0 Å². The monoisotopic (exact) mass is 497 g/mol. The van der Waals surface area contributed by atoms with Crippen molar-refractivity contribution in [1.82, 2.24) is 9.44 Å². The molecule has 0 amide bonds. The largest absolute Gasteiger partial charge is 0.241 e. The number of nitriles is 1. The summed E-state index contributed by atoms with van der Waals surface area (Å²) in [4.78, 5) is 0.188. The van der Waals surface area contributed by atoms with Gasteiger partial charge >= 0.3 is 0 Å². The van der Waals surface area contributed by atoms with E-state index in [1.54, 1.807) is 75.4 Å². The van der Waals surface area contributed by atoms with Gasteiger partial charge in [-0.1, -0.05) is 48.5 Å². The van der Waals surface area contributed by atoms with Crippen LogP contribution in [0.15, 0.2) is 82.6 Å². The van der Waals surface area contributed by atoms with Crippen LogP contribution in [0, 0.1) is 11.3 Å². The first kappa shape index (κ1) is 25.6. The molecule has 3 aromatic carbocycles. The highest BCUT2D eigenvalue weighted by atomic mass is 32.2. The van der Waals surface area contributed by atoms with E-state index in [2.05, 4.69) is 15.5 Å². The molecule has 0 saturated heterocycles. The maximum Gasteiger partial charge on any atom is 0.241 e. The number of hydrogen-bond donors (Lipinski definition) is 2. The predicted molar refractivity (Wildman–Crippen MR) is 132 cm³/mol. The fourth-order valence-corrected chi connectivity index (χ4v) is 6.14. The van der Waals surface area contributed by atoms with Crippen LogP contribution < -0.4 is 9.44 Å². The Balaban J connectivity index is 1.80. The lowest BCUT2D eigenvalue weighted by atomic mass is 10.1. The van der Waals surface area contributed by atoms with Crippen LogP contribution in [0.2, 0.25) is 0 Å². The summed E-state index contributed by atoms with van der Waals surface area (Å²) < 4.78 is 56.5. The number of rotatable bonds is 8. The van der Waals surface area contributed by atoms with Crippen LogP contribution in [-0.4, -0.2) is 28.9 Å². The quantitative estimate of drug-likeness (QED) is 0.491. The third-order valence-corrected chi connectivity index (χ3v) is 8.21. The van der Waals surface area contributed by atoms with E-state index in [0.29, 0.717) is 23.1 Å². The van der Waals surface area contributed by atoms with Gasteiger partial charge < -0.3 is 0 Å². The molecule has 0 aliphatic rings. The number of nitrogens with zero attached hydrogens (tertiary/aromatic N) is 1. The molecule has 0 aromatic heterocycles. The summed E-state index contributed by atoms with van der Waals surface area (Å²) in [6.07, 6.45) is 0.382. The highest BCUT2D eigenvalue weighted by Crippen LogP contribution is 2.29. The number of benzene rings is 3. The minimum absolute atomic E-state index is 0.0676. The summed E-state index contributed by atoms with van der Waals surface area (Å²) in [5, 5.41) is 9.17. The van der Waals surface area contributed by atoms with E-state index in [1.165, 1.54) is 18.2 Å². The Kier molecular flexibility index (Phi) is 7.58. The molecule has 0 bridgehead atoms. The molecule has 3 rings (SSSR count). The molecule has 0 saturated carbocycles. The zero-order valence-corrected chi connectivity index (χ0v) is 20.9. The standard InChI is InChI=1S/C25H27N3O4S2/c1-25(2,3)28-34(31,32)24-11-7-6-10-23(24)20-12-14-22(15-13-20)33(29,30)27-17-16-19-8-4-5-9-21(19)18-26/h4-15,27-28H,16-17H2,1-3H3. The number of nitrogens with one attached hydrogen (secondary N) is 2. The van der Waals surface area contributed by atoms with Crippen LogP contribution in [0.1, 0.15) is 31.9 Å². The van der Waals surface area contributed by atoms with Gasteiger partial charge in [-0.05, 0) is 62.6 Å². The number of sulfonamides is 2. The minimum Gasteiger partial charge on any atom is -0.211 e. The van der Waals surface area contributed by atoms with Gasteiger partial charge in [0.05, 0.1) is 21.4 Å². The molecule has 34 heavy (non-hydrogen) atoms. The summed E-state index contributed by atoms with van der Waals surface area (Å²) in [6, 6.07) is 21.8. The normalized spacial score (nSPS) is 12.3. The van der Waals surface area contributed by atoms with Crippen molar-refractivity contribution in [2.24, 2.45) is 0 Å². The van der Waals surface area contributed by atoms with Gasteiger partial charge in [0.15, 0.2) is 0 Å². The minimum atomic E-state index is -3.78. The van der Waals surface area contributed by atoms with Gasteiger partial charge in [-0.2, -0.15) is 5.26 Å². The van der Waals surface area contributed by atoms with Crippen molar-refractivity contribution < 1.29 is 16.8 Å². The molecular formula is C25H27N3O4S2. The van der Waals surface area contributed by atoms with Crippen molar-refractivity contribution in [2.45, 2.75) is 42.5 Å². The first-order valence-corrected chi connectivity index (χ1v) is 13.6. The second-order valence-electron chi connectivity index (χ2n) is 8.79. The maximum absolute atomic E-state index is 12.9. The molecule has 178 valence electrons. The van der Waals surface area contributed by atoms with Gasteiger partial charge in [0.1, 0.15) is 0 Å². The molecule has 0 unspecified atom stereocenters. The van der Waals surface area contributed by atoms with E-state index in [4.69, 9.17) is 0 Å². The molecule has 0 fully saturated rings. The Hall–Kier alpha value is -3.03. The van der Waals surface area contributed by atoms with Gasteiger partial charge in [0, 0.05) is 17.6 Å². The lowest BCUT2D eigenvalue weighted by Gasteiger charge is -2.21. The third kappa shape index (κ3) is 6.30. The first-order valence-electron chi connectivity index (χ1n) is 10.6. The van der Waals surface area contributed by atoms with Gasteiger partial charge in [-0.25, -0.2) is 26.3 Å². The Morgan fingerprint density at radius 3 is 2.09 bits per heavy atom. The van der Waals surface area contributed by atoms with E-state index >= 15 is 0 Å². The molecule has 0 aliphatic heterocycles. The number of hydrogen-bond acceptors (Lipinski definition) is 5. The summed E-state index contributed by atoms with van der Waals surface area (Å²) >= 11 is 0. The summed E-state index contributed by atoms with van der Waals surface area (Å²) in [5.41, 5.74) is 1.69. The third-order valence-electron chi connectivity index (χ3n) is 4.92. The first-order chi connectivity index (χ1) is 15.9. The van der Waals surface area contributed by atoms with Gasteiger partial charge in [-0.3, -0.25) is 0 Å². The van der Waals surface area contributed by atoms with Crippen molar-refractivity contribution in [1.29, 1.82) is 5.26 Å². The molecule has 0 radical (unpaired) electrons. The zero-order valence-electron chi connectivity index (χ0n) is 19.2. The topological polar surface area (TPSA) is 116 Å². The molecule has 7 nitrogen and oxygen atoms in total. The van der Waals surface area contributed by atoms with Crippen LogP contribution >= 0.6 is 0 Å². The Morgan fingerprint density at radius 1 is 0.824 bits per heavy atom. The molecular weight excluding hydrogens is 470 g/mol. The van der Waals surface area contributed by atoms with Crippen LogP contribution in [0.5, 0.6) is 0 Å². The Bertz CT molecular complexity index is 1420. The maximum atomic E-state index is 12.9. The van der Waals surface area contributed by atoms with Crippen molar-refractivity contribution in [2.75, 3.05) is 6.54 Å². The van der Waals surface area contributed by atoms with Crippen LogP contribution in [0.4, 0.5) is 0 Å². The Labute approximate surface area is 201 Å². The summed E-state index contributed by atoms with van der Waals surface area (Å²) in [5.74, 6) is 0. The predicted octanol–water partition coefficient (Wildman–Crippen LogP) is 3.82. The second kappa shape index (κ2) is 10.1. The van der Waals surface area contributed by atoms with E-state index < -0.39 is 25.6 Å². The molecule has 3 aromatic rings. The fourth-order valence-electron chi connectivity index (χ4n) is 3.46. The SMILES string of the molecule is CC(C)(C)NS(=O)(=O)c1ccccc1-c1ccc(S(=O)(=O)NCCc2ccccc2C#N)cc1. The van der Waals surface area contributed by atoms with E-state index in [0.717, 1.165) is 5.56 Å². The lowest BCUT2D eigenvalue weighted by molar-refractivity contribution is 0.491. The summed E-state index contributed by atoms with van der Waals surface area (Å²) in [6.45, 7) is 5.43. The zero-order chi connectivity index (χ0) is 25.0. The van der Waals surface area contributed by atoms with Crippen molar-refractivity contribution >= 4 is 20.0 Å². The van der Waals surface area contributed by atoms with Gasteiger partial charge in [-0.15, -0.1) is 0 Å². The fraction of sp³-hybridized carbons (Fsp3) is 0.240. The highest BCUT2D eigenvalue weighted by molar-refractivity contribution is 7.90. The average Bonchev–Trinajstić information content (AvgIpc) is 2.78. The lowest BCUT2D eigenvalue weighted by Crippen LogP contribution is -2.40. The van der Waals surface area contributed by atoms with Gasteiger partial charge in [0.25, 0.3) is 0 Å². The van der Waals surface area contributed by atoms with E-state index in [-0.39, 0.29) is 16.3 Å². The van der Waals surface area contributed by atoms with Crippen LogP contribution in [0.3, 0.4) is 0 Å².